The van der Waals surface area contributed by atoms with Gasteiger partial charge in [0, 0.05) is 30.8 Å². The molecule has 124 valence electrons. The summed E-state index contributed by atoms with van der Waals surface area (Å²) in [5.41, 5.74) is 11.7. The van der Waals surface area contributed by atoms with Gasteiger partial charge in [-0.05, 0) is 36.2 Å². The molecule has 2 aromatic carbocycles. The number of benzene rings is 2. The number of aryl methyl sites for hydroxylation is 2. The molecule has 0 fully saturated rings. The summed E-state index contributed by atoms with van der Waals surface area (Å²) in [7, 11) is 3.66. The minimum Gasteiger partial charge on any atom is -0.497 e. The molecule has 1 atom stereocenters. The molecule has 1 unspecified atom stereocenters. The van der Waals surface area contributed by atoms with Gasteiger partial charge in [-0.25, -0.2) is 0 Å². The average molecular weight is 321 g/mol. The third kappa shape index (κ3) is 3.05. The van der Waals surface area contributed by atoms with E-state index in [1.165, 1.54) is 11.1 Å². The Hall–Kier alpha value is -2.59. The number of nitrogens with zero attached hydrogens (tertiary/aromatic N) is 2. The molecule has 4 heteroatoms. The van der Waals surface area contributed by atoms with Gasteiger partial charge in [0.25, 0.3) is 0 Å². The van der Waals surface area contributed by atoms with E-state index in [0.717, 1.165) is 22.7 Å². The van der Waals surface area contributed by atoms with Crippen molar-refractivity contribution in [1.82, 2.24) is 9.78 Å². The lowest BCUT2D eigenvalue weighted by atomic mass is 9.91. The Morgan fingerprint density at radius 3 is 2.50 bits per heavy atom. The summed E-state index contributed by atoms with van der Waals surface area (Å²) in [5, 5.41) is 4.68. The van der Waals surface area contributed by atoms with Gasteiger partial charge in [0.2, 0.25) is 0 Å². The van der Waals surface area contributed by atoms with Gasteiger partial charge in [0.05, 0.1) is 12.8 Å². The van der Waals surface area contributed by atoms with E-state index in [1.54, 1.807) is 7.11 Å². The largest absolute Gasteiger partial charge is 0.497 e. The van der Waals surface area contributed by atoms with Crippen LogP contribution in [0.2, 0.25) is 0 Å². The molecule has 0 spiro atoms. The Balaban J connectivity index is 2.01. The van der Waals surface area contributed by atoms with Crippen molar-refractivity contribution < 1.29 is 4.74 Å². The van der Waals surface area contributed by atoms with Gasteiger partial charge >= 0.3 is 0 Å². The van der Waals surface area contributed by atoms with Crippen LogP contribution in [0.15, 0.2) is 54.6 Å². The monoisotopic (exact) mass is 321 g/mol. The second kappa shape index (κ2) is 6.89. The molecule has 1 aromatic heterocycles. The zero-order valence-corrected chi connectivity index (χ0v) is 14.4. The molecular formula is C20H23N3O. The molecule has 1 heterocycles. The second-order valence-electron chi connectivity index (χ2n) is 5.95. The predicted molar refractivity (Wildman–Crippen MR) is 97.3 cm³/mol. The van der Waals surface area contributed by atoms with Crippen molar-refractivity contribution in [1.29, 1.82) is 0 Å². The Kier molecular flexibility index (Phi) is 4.67. The average Bonchev–Trinajstić information content (AvgIpc) is 2.99. The summed E-state index contributed by atoms with van der Waals surface area (Å²) in [5.74, 6) is 0.966. The number of hydrogen-bond donors (Lipinski definition) is 1. The summed E-state index contributed by atoms with van der Waals surface area (Å²) < 4.78 is 7.24. The van der Waals surface area contributed by atoms with Gasteiger partial charge in [0.15, 0.2) is 0 Å². The summed E-state index contributed by atoms with van der Waals surface area (Å²) >= 11 is 0. The summed E-state index contributed by atoms with van der Waals surface area (Å²) in [6.07, 6.45) is 0. The summed E-state index contributed by atoms with van der Waals surface area (Å²) in [6.45, 7) is 2.62. The first-order valence-corrected chi connectivity index (χ1v) is 8.08. The quantitative estimate of drug-likeness (QED) is 0.782. The molecule has 3 rings (SSSR count). The van der Waals surface area contributed by atoms with Crippen LogP contribution in [-0.2, 0) is 7.05 Å². The Morgan fingerprint density at radius 1 is 1.12 bits per heavy atom. The molecule has 0 saturated heterocycles. The highest BCUT2D eigenvalue weighted by molar-refractivity contribution is 5.60. The first kappa shape index (κ1) is 16.3. The highest BCUT2D eigenvalue weighted by Crippen LogP contribution is 2.31. The minimum atomic E-state index is 0.103. The molecule has 3 aromatic rings. The van der Waals surface area contributed by atoms with E-state index in [-0.39, 0.29) is 5.92 Å². The molecule has 0 radical (unpaired) electrons. The third-order valence-corrected chi connectivity index (χ3v) is 4.43. The molecule has 0 aliphatic carbocycles. The van der Waals surface area contributed by atoms with E-state index in [1.807, 2.05) is 42.1 Å². The SMILES string of the molecule is COc1ccc(C(CN)c2cc(-c3ccccc3)nn2C)c(C)c1. The Bertz CT molecular complexity index is 824. The number of rotatable bonds is 5. The van der Waals surface area contributed by atoms with Crippen LogP contribution >= 0.6 is 0 Å². The highest BCUT2D eigenvalue weighted by Gasteiger charge is 2.20. The lowest BCUT2D eigenvalue weighted by Crippen LogP contribution is -2.18. The van der Waals surface area contributed by atoms with Crippen molar-refractivity contribution in [2.45, 2.75) is 12.8 Å². The van der Waals surface area contributed by atoms with E-state index in [9.17, 15) is 0 Å². The molecule has 2 N–H and O–H groups in total. The smallest absolute Gasteiger partial charge is 0.119 e. The van der Waals surface area contributed by atoms with E-state index in [0.29, 0.717) is 6.54 Å². The van der Waals surface area contributed by atoms with Crippen molar-refractivity contribution >= 4 is 0 Å². The lowest BCUT2D eigenvalue weighted by Gasteiger charge is -2.18. The van der Waals surface area contributed by atoms with Crippen molar-refractivity contribution in [3.05, 3.63) is 71.4 Å². The van der Waals surface area contributed by atoms with Gasteiger partial charge in [-0.15, -0.1) is 0 Å². The first-order valence-electron chi connectivity index (χ1n) is 8.08. The van der Waals surface area contributed by atoms with Crippen LogP contribution in [0.4, 0.5) is 0 Å². The second-order valence-corrected chi connectivity index (χ2v) is 5.95. The fourth-order valence-corrected chi connectivity index (χ4v) is 3.13. The van der Waals surface area contributed by atoms with E-state index in [4.69, 9.17) is 10.5 Å². The standard InChI is InChI=1S/C20H23N3O/c1-14-11-16(24-3)9-10-17(14)18(13-21)20-12-19(22-23(20)2)15-7-5-4-6-8-15/h4-12,18H,13,21H2,1-3H3. The van der Waals surface area contributed by atoms with Crippen molar-refractivity contribution in [2.24, 2.45) is 12.8 Å². The van der Waals surface area contributed by atoms with E-state index < -0.39 is 0 Å². The number of ether oxygens (including phenoxy) is 1. The lowest BCUT2D eigenvalue weighted by molar-refractivity contribution is 0.414. The molecule has 0 amide bonds. The Morgan fingerprint density at radius 2 is 1.88 bits per heavy atom. The molecule has 0 aliphatic heterocycles. The fourth-order valence-electron chi connectivity index (χ4n) is 3.13. The third-order valence-electron chi connectivity index (χ3n) is 4.43. The van der Waals surface area contributed by atoms with E-state index >= 15 is 0 Å². The molecule has 24 heavy (non-hydrogen) atoms. The van der Waals surface area contributed by atoms with Crippen molar-refractivity contribution in [3.63, 3.8) is 0 Å². The van der Waals surface area contributed by atoms with Gasteiger partial charge in [-0.2, -0.15) is 5.10 Å². The molecule has 0 saturated carbocycles. The zero-order valence-electron chi connectivity index (χ0n) is 14.4. The number of hydrogen-bond acceptors (Lipinski definition) is 3. The maximum atomic E-state index is 6.12. The van der Waals surface area contributed by atoms with Gasteiger partial charge in [-0.1, -0.05) is 36.4 Å². The predicted octanol–water partition coefficient (Wildman–Crippen LogP) is 3.49. The van der Waals surface area contributed by atoms with Crippen LogP contribution in [0.5, 0.6) is 5.75 Å². The van der Waals surface area contributed by atoms with Crippen molar-refractivity contribution in [3.8, 4) is 17.0 Å². The number of nitrogens with two attached hydrogens (primary N) is 1. The normalized spacial score (nSPS) is 12.2. The first-order chi connectivity index (χ1) is 11.6. The molecule has 0 bridgehead atoms. The zero-order chi connectivity index (χ0) is 17.1. The van der Waals surface area contributed by atoms with Crippen LogP contribution in [0.25, 0.3) is 11.3 Å². The van der Waals surface area contributed by atoms with Crippen LogP contribution in [-0.4, -0.2) is 23.4 Å². The summed E-state index contributed by atoms with van der Waals surface area (Å²) in [4.78, 5) is 0. The van der Waals surface area contributed by atoms with Gasteiger partial charge in [0.1, 0.15) is 5.75 Å². The topological polar surface area (TPSA) is 53.1 Å². The maximum Gasteiger partial charge on any atom is 0.119 e. The van der Waals surface area contributed by atoms with Crippen LogP contribution in [0, 0.1) is 6.92 Å². The highest BCUT2D eigenvalue weighted by atomic mass is 16.5. The maximum absolute atomic E-state index is 6.12. The van der Waals surface area contributed by atoms with Crippen LogP contribution < -0.4 is 10.5 Å². The molecular weight excluding hydrogens is 298 g/mol. The van der Waals surface area contributed by atoms with Gasteiger partial charge in [-0.3, -0.25) is 4.68 Å². The van der Waals surface area contributed by atoms with Crippen molar-refractivity contribution in [2.75, 3.05) is 13.7 Å². The number of aromatic nitrogens is 2. The molecule has 4 nitrogen and oxygen atoms in total. The molecule has 0 aliphatic rings. The summed E-state index contributed by atoms with van der Waals surface area (Å²) in [6, 6.07) is 18.5. The van der Waals surface area contributed by atoms with Gasteiger partial charge < -0.3 is 10.5 Å². The minimum absolute atomic E-state index is 0.103. The van der Waals surface area contributed by atoms with E-state index in [2.05, 4.69) is 36.3 Å². The number of methoxy groups -OCH3 is 1. The van der Waals surface area contributed by atoms with Crippen LogP contribution in [0.1, 0.15) is 22.7 Å². The van der Waals surface area contributed by atoms with Crippen LogP contribution in [0.3, 0.4) is 0 Å². The fraction of sp³-hybridized carbons (Fsp3) is 0.250. The Labute approximate surface area is 142 Å².